The molecular formula is C15H17N3. The van der Waals surface area contributed by atoms with Crippen molar-refractivity contribution in [2.75, 3.05) is 0 Å². The second-order valence-electron chi connectivity index (χ2n) is 4.90. The van der Waals surface area contributed by atoms with E-state index in [1.807, 2.05) is 6.20 Å². The zero-order valence-corrected chi connectivity index (χ0v) is 10.6. The quantitative estimate of drug-likeness (QED) is 0.896. The molecule has 3 heteroatoms. The number of hydrogen-bond donors (Lipinski definition) is 1. The van der Waals surface area contributed by atoms with E-state index in [0.29, 0.717) is 12.5 Å². The lowest BCUT2D eigenvalue weighted by Gasteiger charge is -2.07. The van der Waals surface area contributed by atoms with Crippen LogP contribution in [0.4, 0.5) is 0 Å². The molecule has 18 heavy (non-hydrogen) atoms. The number of hydrogen-bond acceptors (Lipinski definition) is 3. The van der Waals surface area contributed by atoms with E-state index in [1.54, 1.807) is 0 Å². The van der Waals surface area contributed by atoms with Gasteiger partial charge in [0, 0.05) is 29.9 Å². The second kappa shape index (κ2) is 4.50. The van der Waals surface area contributed by atoms with Gasteiger partial charge in [0.25, 0.3) is 0 Å². The summed E-state index contributed by atoms with van der Waals surface area (Å²) >= 11 is 0. The van der Waals surface area contributed by atoms with E-state index < -0.39 is 0 Å². The first kappa shape index (κ1) is 11.4. The number of aromatic nitrogens is 2. The average molecular weight is 239 g/mol. The van der Waals surface area contributed by atoms with Gasteiger partial charge in [-0.3, -0.25) is 0 Å². The van der Waals surface area contributed by atoms with Gasteiger partial charge >= 0.3 is 0 Å². The van der Waals surface area contributed by atoms with Crippen molar-refractivity contribution in [1.29, 1.82) is 0 Å². The van der Waals surface area contributed by atoms with Crippen LogP contribution in [0.3, 0.4) is 0 Å². The van der Waals surface area contributed by atoms with Crippen molar-refractivity contribution in [2.24, 2.45) is 5.73 Å². The number of nitrogens with two attached hydrogens (primary N) is 1. The summed E-state index contributed by atoms with van der Waals surface area (Å²) in [6.07, 6.45) is 4.43. The highest BCUT2D eigenvalue weighted by Gasteiger charge is 2.26. The normalized spacial score (nSPS) is 14.8. The Morgan fingerprint density at radius 1 is 1.22 bits per heavy atom. The van der Waals surface area contributed by atoms with Crippen molar-refractivity contribution in [3.63, 3.8) is 0 Å². The molecule has 1 aromatic carbocycles. The third-order valence-corrected chi connectivity index (χ3v) is 3.44. The minimum Gasteiger partial charge on any atom is -0.326 e. The Morgan fingerprint density at radius 2 is 1.94 bits per heavy atom. The third kappa shape index (κ3) is 2.14. The first-order chi connectivity index (χ1) is 8.78. The third-order valence-electron chi connectivity index (χ3n) is 3.44. The van der Waals surface area contributed by atoms with Crippen molar-refractivity contribution in [3.8, 4) is 11.1 Å². The van der Waals surface area contributed by atoms with Crippen LogP contribution in [0.15, 0.2) is 30.5 Å². The zero-order valence-electron chi connectivity index (χ0n) is 10.6. The van der Waals surface area contributed by atoms with Gasteiger partial charge in [-0.1, -0.05) is 24.3 Å². The highest BCUT2D eigenvalue weighted by atomic mass is 14.9. The summed E-state index contributed by atoms with van der Waals surface area (Å²) in [7, 11) is 0. The van der Waals surface area contributed by atoms with Gasteiger partial charge in [0.1, 0.15) is 5.82 Å². The first-order valence-corrected chi connectivity index (χ1v) is 6.41. The Balaban J connectivity index is 1.94. The van der Waals surface area contributed by atoms with E-state index in [1.165, 1.54) is 12.8 Å². The fourth-order valence-electron chi connectivity index (χ4n) is 2.13. The first-order valence-electron chi connectivity index (χ1n) is 6.41. The molecule has 1 aliphatic carbocycles. The topological polar surface area (TPSA) is 51.8 Å². The van der Waals surface area contributed by atoms with E-state index in [-0.39, 0.29) is 0 Å². The predicted molar refractivity (Wildman–Crippen MR) is 72.1 cm³/mol. The molecule has 1 heterocycles. The van der Waals surface area contributed by atoms with Crippen LogP contribution in [-0.2, 0) is 6.54 Å². The molecule has 0 spiro atoms. The molecule has 2 aromatic rings. The van der Waals surface area contributed by atoms with Gasteiger partial charge in [-0.2, -0.15) is 0 Å². The maximum atomic E-state index is 5.60. The SMILES string of the molecule is Cc1nc(C2CC2)ncc1-c1ccc(CN)cc1. The van der Waals surface area contributed by atoms with Crippen molar-refractivity contribution >= 4 is 0 Å². The molecule has 0 unspecified atom stereocenters. The van der Waals surface area contributed by atoms with E-state index in [9.17, 15) is 0 Å². The number of nitrogens with zero attached hydrogens (tertiary/aromatic N) is 2. The van der Waals surface area contributed by atoms with Gasteiger partial charge in [0.2, 0.25) is 0 Å². The summed E-state index contributed by atoms with van der Waals surface area (Å²) in [5.41, 5.74) is 10.1. The fourth-order valence-corrected chi connectivity index (χ4v) is 2.13. The van der Waals surface area contributed by atoms with E-state index in [2.05, 4.69) is 41.2 Å². The second-order valence-corrected chi connectivity index (χ2v) is 4.90. The van der Waals surface area contributed by atoms with E-state index in [0.717, 1.165) is 28.2 Å². The summed E-state index contributed by atoms with van der Waals surface area (Å²) in [5.74, 6) is 1.62. The van der Waals surface area contributed by atoms with Crippen molar-refractivity contribution in [1.82, 2.24) is 9.97 Å². The molecule has 92 valence electrons. The zero-order chi connectivity index (χ0) is 12.5. The Hall–Kier alpha value is -1.74. The number of aryl methyl sites for hydroxylation is 1. The summed E-state index contributed by atoms with van der Waals surface area (Å²) in [6, 6.07) is 8.29. The van der Waals surface area contributed by atoms with Crippen LogP contribution in [-0.4, -0.2) is 9.97 Å². The lowest BCUT2D eigenvalue weighted by molar-refractivity contribution is 0.908. The van der Waals surface area contributed by atoms with Gasteiger partial charge in [-0.15, -0.1) is 0 Å². The summed E-state index contributed by atoms with van der Waals surface area (Å²) < 4.78 is 0. The van der Waals surface area contributed by atoms with Crippen LogP contribution in [0.2, 0.25) is 0 Å². The van der Waals surface area contributed by atoms with Gasteiger partial charge in [-0.25, -0.2) is 9.97 Å². The Labute approximate surface area is 107 Å². The van der Waals surface area contributed by atoms with Crippen molar-refractivity contribution < 1.29 is 0 Å². The highest BCUT2D eigenvalue weighted by Crippen LogP contribution is 2.38. The minimum atomic E-state index is 0.580. The van der Waals surface area contributed by atoms with E-state index >= 15 is 0 Å². The monoisotopic (exact) mass is 239 g/mol. The minimum absolute atomic E-state index is 0.580. The molecule has 0 radical (unpaired) electrons. The highest BCUT2D eigenvalue weighted by molar-refractivity contribution is 5.65. The molecular weight excluding hydrogens is 222 g/mol. The van der Waals surface area contributed by atoms with Crippen LogP contribution in [0.1, 0.15) is 35.8 Å². The summed E-state index contributed by atoms with van der Waals surface area (Å²) in [5, 5.41) is 0. The molecule has 1 fully saturated rings. The Bertz CT molecular complexity index is 556. The lowest BCUT2D eigenvalue weighted by Crippen LogP contribution is -1.98. The van der Waals surface area contributed by atoms with Gasteiger partial charge in [0.05, 0.1) is 0 Å². The molecule has 0 saturated heterocycles. The molecule has 0 atom stereocenters. The molecule has 1 saturated carbocycles. The molecule has 0 bridgehead atoms. The molecule has 2 N–H and O–H groups in total. The molecule has 1 aromatic heterocycles. The molecule has 3 rings (SSSR count). The van der Waals surface area contributed by atoms with Gasteiger partial charge in [0.15, 0.2) is 0 Å². The van der Waals surface area contributed by atoms with Gasteiger partial charge < -0.3 is 5.73 Å². The largest absolute Gasteiger partial charge is 0.326 e. The van der Waals surface area contributed by atoms with Crippen LogP contribution < -0.4 is 5.73 Å². The predicted octanol–water partition coefficient (Wildman–Crippen LogP) is 2.79. The number of rotatable bonds is 3. The fraction of sp³-hybridized carbons (Fsp3) is 0.333. The van der Waals surface area contributed by atoms with Crippen LogP contribution >= 0.6 is 0 Å². The molecule has 3 nitrogen and oxygen atoms in total. The summed E-state index contributed by atoms with van der Waals surface area (Å²) in [4.78, 5) is 9.10. The lowest BCUT2D eigenvalue weighted by atomic mass is 10.0. The Kier molecular flexibility index (Phi) is 2.84. The van der Waals surface area contributed by atoms with Crippen molar-refractivity contribution in [2.45, 2.75) is 32.2 Å². The maximum Gasteiger partial charge on any atom is 0.131 e. The van der Waals surface area contributed by atoms with Gasteiger partial charge in [-0.05, 0) is 30.9 Å². The van der Waals surface area contributed by atoms with Crippen LogP contribution in [0.5, 0.6) is 0 Å². The molecule has 0 amide bonds. The number of benzene rings is 1. The molecule has 1 aliphatic rings. The molecule has 0 aliphatic heterocycles. The standard InChI is InChI=1S/C15H17N3/c1-10-14(9-17-15(18-10)13-6-7-13)12-4-2-11(8-16)3-5-12/h2-5,9,13H,6-8,16H2,1H3. The van der Waals surface area contributed by atoms with Crippen LogP contribution in [0, 0.1) is 6.92 Å². The van der Waals surface area contributed by atoms with E-state index in [4.69, 9.17) is 5.73 Å². The maximum absolute atomic E-state index is 5.60. The average Bonchev–Trinajstić information content (AvgIpc) is 3.23. The van der Waals surface area contributed by atoms with Crippen molar-refractivity contribution in [3.05, 3.63) is 47.5 Å². The van der Waals surface area contributed by atoms with Crippen LogP contribution in [0.25, 0.3) is 11.1 Å². The Morgan fingerprint density at radius 3 is 2.50 bits per heavy atom. The summed E-state index contributed by atoms with van der Waals surface area (Å²) in [6.45, 7) is 2.64. The smallest absolute Gasteiger partial charge is 0.131 e.